The topological polar surface area (TPSA) is 64.6 Å². The fourth-order valence-electron chi connectivity index (χ4n) is 1.97. The molecule has 1 unspecified atom stereocenters. The van der Waals surface area contributed by atoms with Gasteiger partial charge in [0.15, 0.2) is 21.3 Å². The van der Waals surface area contributed by atoms with Gasteiger partial charge in [0.05, 0.1) is 19.0 Å². The summed E-state index contributed by atoms with van der Waals surface area (Å²) in [6.07, 6.45) is 0. The molecule has 0 aliphatic rings. The molecule has 0 fully saturated rings. The molecule has 1 atom stereocenters. The van der Waals surface area contributed by atoms with E-state index in [1.165, 1.54) is 0 Å². The van der Waals surface area contributed by atoms with Crippen LogP contribution >= 0.6 is 0 Å². The van der Waals surface area contributed by atoms with Crippen molar-refractivity contribution < 1.29 is 17.9 Å². The molecule has 120 valence electrons. The lowest BCUT2D eigenvalue weighted by Gasteiger charge is -2.17. The molecular weight excluding hydrogens is 290 g/mol. The second kappa shape index (κ2) is 8.12. The van der Waals surface area contributed by atoms with Crippen molar-refractivity contribution in [3.63, 3.8) is 0 Å². The molecule has 5 nitrogen and oxygen atoms in total. The van der Waals surface area contributed by atoms with E-state index in [0.717, 1.165) is 5.69 Å². The number of rotatable bonds is 9. The standard InChI is InChI=1S/C15H25NO4S/c1-5-19-14-9-8-13(10-15(14)20-6-2)16-12(4)11-21(17,18)7-3/h8-10,12,16H,5-7,11H2,1-4H3. The minimum Gasteiger partial charge on any atom is -0.490 e. The third-order valence-electron chi connectivity index (χ3n) is 2.90. The average molecular weight is 315 g/mol. The van der Waals surface area contributed by atoms with Gasteiger partial charge in [0.1, 0.15) is 0 Å². The number of ether oxygens (including phenoxy) is 2. The summed E-state index contributed by atoms with van der Waals surface area (Å²) in [7, 11) is -2.99. The molecule has 1 rings (SSSR count). The van der Waals surface area contributed by atoms with Gasteiger partial charge in [0, 0.05) is 23.5 Å². The average Bonchev–Trinajstić information content (AvgIpc) is 2.41. The molecule has 0 radical (unpaired) electrons. The third-order valence-corrected chi connectivity index (χ3v) is 4.79. The van der Waals surface area contributed by atoms with Crippen molar-refractivity contribution in [3.05, 3.63) is 18.2 Å². The summed E-state index contributed by atoms with van der Waals surface area (Å²) in [6.45, 7) is 8.45. The smallest absolute Gasteiger partial charge is 0.163 e. The second-order valence-electron chi connectivity index (χ2n) is 4.77. The molecule has 0 saturated heterocycles. The summed E-state index contributed by atoms with van der Waals surface area (Å²) in [6, 6.07) is 5.37. The summed E-state index contributed by atoms with van der Waals surface area (Å²) >= 11 is 0. The van der Waals surface area contributed by atoms with Crippen molar-refractivity contribution in [3.8, 4) is 11.5 Å². The minimum atomic E-state index is -2.99. The number of sulfone groups is 1. The summed E-state index contributed by atoms with van der Waals surface area (Å²) in [4.78, 5) is 0. The zero-order valence-electron chi connectivity index (χ0n) is 13.2. The second-order valence-corrected chi connectivity index (χ2v) is 7.17. The van der Waals surface area contributed by atoms with E-state index in [9.17, 15) is 8.42 Å². The molecule has 0 spiro atoms. The van der Waals surface area contributed by atoms with Gasteiger partial charge >= 0.3 is 0 Å². The number of anilines is 1. The highest BCUT2D eigenvalue weighted by molar-refractivity contribution is 7.91. The molecule has 0 saturated carbocycles. The molecule has 0 aromatic heterocycles. The Morgan fingerprint density at radius 1 is 1.10 bits per heavy atom. The first-order chi connectivity index (χ1) is 9.91. The monoisotopic (exact) mass is 315 g/mol. The first kappa shape index (κ1) is 17.6. The van der Waals surface area contributed by atoms with Crippen LogP contribution in [-0.2, 0) is 9.84 Å². The van der Waals surface area contributed by atoms with E-state index >= 15 is 0 Å². The van der Waals surface area contributed by atoms with Crippen LogP contribution in [0.25, 0.3) is 0 Å². The Hall–Kier alpha value is -1.43. The van der Waals surface area contributed by atoms with Crippen molar-refractivity contribution in [1.29, 1.82) is 0 Å². The van der Waals surface area contributed by atoms with Gasteiger partial charge in [-0.2, -0.15) is 0 Å². The van der Waals surface area contributed by atoms with Gasteiger partial charge in [0.25, 0.3) is 0 Å². The highest BCUT2D eigenvalue weighted by atomic mass is 32.2. The lowest BCUT2D eigenvalue weighted by atomic mass is 10.2. The molecule has 1 N–H and O–H groups in total. The summed E-state index contributed by atoms with van der Waals surface area (Å²) < 4.78 is 34.3. The van der Waals surface area contributed by atoms with Gasteiger partial charge in [-0.1, -0.05) is 6.92 Å². The SMILES string of the molecule is CCOc1ccc(NC(C)CS(=O)(=O)CC)cc1OCC. The first-order valence-electron chi connectivity index (χ1n) is 7.28. The van der Waals surface area contributed by atoms with Gasteiger partial charge in [-0.3, -0.25) is 0 Å². The minimum absolute atomic E-state index is 0.112. The zero-order chi connectivity index (χ0) is 15.9. The Balaban J connectivity index is 2.81. The fraction of sp³-hybridized carbons (Fsp3) is 0.600. The van der Waals surface area contributed by atoms with Gasteiger partial charge in [-0.05, 0) is 32.9 Å². The highest BCUT2D eigenvalue weighted by Crippen LogP contribution is 2.30. The maximum absolute atomic E-state index is 11.6. The van der Waals surface area contributed by atoms with Crippen LogP contribution in [-0.4, -0.2) is 39.2 Å². The Morgan fingerprint density at radius 2 is 1.71 bits per heavy atom. The molecule has 6 heteroatoms. The molecular formula is C15H25NO4S. The van der Waals surface area contributed by atoms with Crippen molar-refractivity contribution in [1.82, 2.24) is 0 Å². The van der Waals surface area contributed by atoms with Crippen molar-refractivity contribution in [2.75, 3.05) is 30.0 Å². The van der Waals surface area contributed by atoms with Gasteiger partial charge in [-0.25, -0.2) is 8.42 Å². The van der Waals surface area contributed by atoms with Crippen LogP contribution in [0.5, 0.6) is 11.5 Å². The largest absolute Gasteiger partial charge is 0.490 e. The molecule has 0 amide bonds. The van der Waals surface area contributed by atoms with Crippen LogP contribution < -0.4 is 14.8 Å². The van der Waals surface area contributed by atoms with Gasteiger partial charge in [-0.15, -0.1) is 0 Å². The number of hydrogen-bond donors (Lipinski definition) is 1. The molecule has 0 aliphatic carbocycles. The Morgan fingerprint density at radius 3 is 2.29 bits per heavy atom. The van der Waals surface area contributed by atoms with Crippen LogP contribution in [0.2, 0.25) is 0 Å². The quantitative estimate of drug-likeness (QED) is 0.759. The van der Waals surface area contributed by atoms with Crippen molar-refractivity contribution >= 4 is 15.5 Å². The highest BCUT2D eigenvalue weighted by Gasteiger charge is 2.14. The number of hydrogen-bond acceptors (Lipinski definition) is 5. The summed E-state index contributed by atoms with van der Waals surface area (Å²) in [5.41, 5.74) is 0.820. The maximum Gasteiger partial charge on any atom is 0.163 e. The van der Waals surface area contributed by atoms with Crippen molar-refractivity contribution in [2.45, 2.75) is 33.7 Å². The Labute approximate surface area is 127 Å². The third kappa shape index (κ3) is 5.83. The summed E-state index contributed by atoms with van der Waals surface area (Å²) in [5, 5.41) is 3.19. The first-order valence-corrected chi connectivity index (χ1v) is 9.10. The van der Waals surface area contributed by atoms with Crippen LogP contribution in [0.1, 0.15) is 27.7 Å². The predicted molar refractivity (Wildman–Crippen MR) is 86.2 cm³/mol. The van der Waals surface area contributed by atoms with Crippen LogP contribution in [0.15, 0.2) is 18.2 Å². The predicted octanol–water partition coefficient (Wildman–Crippen LogP) is 2.72. The zero-order valence-corrected chi connectivity index (χ0v) is 14.0. The summed E-state index contributed by atoms with van der Waals surface area (Å²) in [5.74, 6) is 1.63. The van der Waals surface area contributed by atoms with Gasteiger partial charge < -0.3 is 14.8 Å². The fourth-order valence-corrected chi connectivity index (χ4v) is 3.05. The van der Waals surface area contributed by atoms with E-state index in [4.69, 9.17) is 9.47 Å². The van der Waals surface area contributed by atoms with E-state index < -0.39 is 9.84 Å². The Kier molecular flexibility index (Phi) is 6.81. The molecule has 1 aromatic carbocycles. The van der Waals surface area contributed by atoms with E-state index in [0.29, 0.717) is 24.7 Å². The van der Waals surface area contributed by atoms with E-state index in [-0.39, 0.29) is 17.5 Å². The molecule has 1 aromatic rings. The molecule has 0 bridgehead atoms. The van der Waals surface area contributed by atoms with E-state index in [1.807, 2.05) is 39.0 Å². The van der Waals surface area contributed by atoms with Crippen LogP contribution in [0.3, 0.4) is 0 Å². The van der Waals surface area contributed by atoms with Crippen molar-refractivity contribution in [2.24, 2.45) is 0 Å². The maximum atomic E-state index is 11.6. The molecule has 0 aliphatic heterocycles. The van der Waals surface area contributed by atoms with Crippen LogP contribution in [0.4, 0.5) is 5.69 Å². The number of benzene rings is 1. The lowest BCUT2D eigenvalue weighted by Crippen LogP contribution is -2.26. The van der Waals surface area contributed by atoms with Crippen LogP contribution in [0, 0.1) is 0 Å². The molecule has 0 heterocycles. The normalized spacial score (nSPS) is 12.8. The molecule has 21 heavy (non-hydrogen) atoms. The van der Waals surface area contributed by atoms with E-state index in [2.05, 4.69) is 5.32 Å². The lowest BCUT2D eigenvalue weighted by molar-refractivity contribution is 0.288. The van der Waals surface area contributed by atoms with E-state index in [1.54, 1.807) is 6.92 Å². The van der Waals surface area contributed by atoms with Gasteiger partial charge in [0.2, 0.25) is 0 Å². The number of nitrogens with one attached hydrogen (secondary N) is 1. The Bertz CT molecular complexity index is 543.